The predicted molar refractivity (Wildman–Crippen MR) is 81.4 cm³/mol. The third kappa shape index (κ3) is 2.32. The molecule has 0 bridgehead atoms. The van der Waals surface area contributed by atoms with Crippen molar-refractivity contribution in [2.45, 2.75) is 19.9 Å². The highest BCUT2D eigenvalue weighted by atomic mass is 32.1. The summed E-state index contributed by atoms with van der Waals surface area (Å²) in [5.74, 6) is 2.86. The Morgan fingerprint density at radius 3 is 3.00 bits per heavy atom. The van der Waals surface area contributed by atoms with E-state index in [0.29, 0.717) is 13.1 Å². The molecule has 3 aromatic heterocycles. The number of imidazole rings is 1. The van der Waals surface area contributed by atoms with Crippen molar-refractivity contribution in [1.82, 2.24) is 9.38 Å². The fourth-order valence-corrected chi connectivity index (χ4v) is 3.10. The molecule has 6 heteroatoms. The number of anilines is 1. The molecular weight excluding hydrogens is 272 g/mol. The molecule has 0 aliphatic rings. The number of nitrogens with zero attached hydrogens (tertiary/aromatic N) is 3. The minimum absolute atomic E-state index is 0.615. The van der Waals surface area contributed by atoms with E-state index in [-0.39, 0.29) is 0 Å². The van der Waals surface area contributed by atoms with Gasteiger partial charge >= 0.3 is 0 Å². The molecule has 3 rings (SSSR count). The first-order chi connectivity index (χ1) is 9.69. The fourth-order valence-electron chi connectivity index (χ4n) is 2.37. The second kappa shape index (κ2) is 5.30. The van der Waals surface area contributed by atoms with Crippen LogP contribution in [0.25, 0.3) is 4.96 Å². The minimum atomic E-state index is 0.615. The Hall–Kier alpha value is -1.79. The number of aryl methyl sites for hydroxylation is 1. The maximum atomic E-state index is 5.73. The molecule has 0 saturated heterocycles. The lowest BCUT2D eigenvalue weighted by atomic mass is 10.3. The predicted octanol–water partition coefficient (Wildman–Crippen LogP) is 2.43. The highest BCUT2D eigenvalue weighted by Gasteiger charge is 2.17. The van der Waals surface area contributed by atoms with Crippen molar-refractivity contribution in [3.8, 4) is 0 Å². The number of fused-ring (bicyclic) bond motifs is 1. The van der Waals surface area contributed by atoms with Crippen molar-refractivity contribution in [1.29, 1.82) is 0 Å². The number of aromatic nitrogens is 2. The molecule has 5 nitrogen and oxygen atoms in total. The molecule has 0 aliphatic carbocycles. The monoisotopic (exact) mass is 290 g/mol. The van der Waals surface area contributed by atoms with Gasteiger partial charge in [0.15, 0.2) is 10.8 Å². The van der Waals surface area contributed by atoms with Crippen LogP contribution in [0, 0.1) is 6.92 Å². The SMILES string of the molecule is Cc1ccc(CN(C)c2nc3sccn3c2CCN)o1. The Labute approximate surface area is 121 Å². The quantitative estimate of drug-likeness (QED) is 0.784. The van der Waals surface area contributed by atoms with E-state index in [0.717, 1.165) is 34.4 Å². The van der Waals surface area contributed by atoms with Crippen molar-refractivity contribution in [3.05, 3.63) is 40.9 Å². The lowest BCUT2D eigenvalue weighted by molar-refractivity contribution is 0.481. The van der Waals surface area contributed by atoms with E-state index in [1.54, 1.807) is 11.3 Å². The molecule has 2 N–H and O–H groups in total. The third-order valence-electron chi connectivity index (χ3n) is 3.27. The number of hydrogen-bond donors (Lipinski definition) is 1. The molecule has 0 fully saturated rings. The second-order valence-electron chi connectivity index (χ2n) is 4.84. The molecule has 0 amide bonds. The summed E-state index contributed by atoms with van der Waals surface area (Å²) < 4.78 is 7.75. The standard InChI is InChI=1S/C14H18N4OS/c1-10-3-4-11(19-10)9-17(2)13-12(5-6-15)18-7-8-20-14(18)16-13/h3-4,7-8H,5-6,9,15H2,1-2H3. The Balaban J connectivity index is 1.91. The van der Waals surface area contributed by atoms with Crippen LogP contribution in [0.3, 0.4) is 0 Å². The molecule has 0 aliphatic heterocycles. The fraction of sp³-hybridized carbons (Fsp3) is 0.357. The number of rotatable bonds is 5. The van der Waals surface area contributed by atoms with Gasteiger partial charge in [0, 0.05) is 25.0 Å². The number of thiazole rings is 1. The van der Waals surface area contributed by atoms with E-state index in [9.17, 15) is 0 Å². The summed E-state index contributed by atoms with van der Waals surface area (Å²) in [7, 11) is 2.03. The summed E-state index contributed by atoms with van der Waals surface area (Å²) in [6, 6.07) is 3.99. The van der Waals surface area contributed by atoms with Gasteiger partial charge in [-0.2, -0.15) is 0 Å². The van der Waals surface area contributed by atoms with Crippen LogP contribution in [-0.2, 0) is 13.0 Å². The van der Waals surface area contributed by atoms with Crippen LogP contribution in [-0.4, -0.2) is 23.0 Å². The molecular formula is C14H18N4OS. The summed E-state index contributed by atoms with van der Waals surface area (Å²) in [4.78, 5) is 7.82. The van der Waals surface area contributed by atoms with E-state index in [1.807, 2.05) is 37.7 Å². The summed E-state index contributed by atoms with van der Waals surface area (Å²) in [5.41, 5.74) is 6.89. The van der Waals surface area contributed by atoms with Crippen LogP contribution in [0.1, 0.15) is 17.2 Å². The summed E-state index contributed by atoms with van der Waals surface area (Å²) in [6.07, 6.45) is 2.86. The normalized spacial score (nSPS) is 11.3. The van der Waals surface area contributed by atoms with Gasteiger partial charge < -0.3 is 15.1 Å². The maximum Gasteiger partial charge on any atom is 0.195 e. The number of nitrogens with two attached hydrogens (primary N) is 1. The van der Waals surface area contributed by atoms with Gasteiger partial charge in [0.25, 0.3) is 0 Å². The van der Waals surface area contributed by atoms with Crippen molar-refractivity contribution in [2.24, 2.45) is 5.73 Å². The van der Waals surface area contributed by atoms with E-state index in [2.05, 4.69) is 9.30 Å². The van der Waals surface area contributed by atoms with Crippen LogP contribution >= 0.6 is 11.3 Å². The Morgan fingerprint density at radius 1 is 1.45 bits per heavy atom. The Morgan fingerprint density at radius 2 is 2.30 bits per heavy atom. The number of hydrogen-bond acceptors (Lipinski definition) is 5. The lowest BCUT2D eigenvalue weighted by Gasteiger charge is -2.16. The molecule has 0 saturated carbocycles. The molecule has 106 valence electrons. The Kier molecular flexibility index (Phi) is 3.50. The second-order valence-corrected chi connectivity index (χ2v) is 5.72. The van der Waals surface area contributed by atoms with Gasteiger partial charge in [-0.15, -0.1) is 11.3 Å². The van der Waals surface area contributed by atoms with Crippen LogP contribution in [0.4, 0.5) is 5.82 Å². The van der Waals surface area contributed by atoms with E-state index < -0.39 is 0 Å². The van der Waals surface area contributed by atoms with Crippen LogP contribution in [0.15, 0.2) is 28.1 Å². The molecule has 3 heterocycles. The van der Waals surface area contributed by atoms with E-state index in [4.69, 9.17) is 15.1 Å². The van der Waals surface area contributed by atoms with Crippen molar-refractivity contribution in [2.75, 3.05) is 18.5 Å². The first kappa shape index (κ1) is 13.2. The molecule has 0 unspecified atom stereocenters. The zero-order valence-corrected chi connectivity index (χ0v) is 12.5. The molecule has 3 aromatic rings. The zero-order chi connectivity index (χ0) is 14.1. The first-order valence-electron chi connectivity index (χ1n) is 6.60. The van der Waals surface area contributed by atoms with E-state index in [1.165, 1.54) is 0 Å². The van der Waals surface area contributed by atoms with Crippen LogP contribution in [0.2, 0.25) is 0 Å². The molecule has 20 heavy (non-hydrogen) atoms. The van der Waals surface area contributed by atoms with Crippen LogP contribution in [0.5, 0.6) is 0 Å². The zero-order valence-electron chi connectivity index (χ0n) is 11.7. The molecule has 0 atom stereocenters. The van der Waals surface area contributed by atoms with Crippen LogP contribution < -0.4 is 10.6 Å². The molecule has 0 aromatic carbocycles. The lowest BCUT2D eigenvalue weighted by Crippen LogP contribution is -2.19. The van der Waals surface area contributed by atoms with Gasteiger partial charge in [0.2, 0.25) is 0 Å². The van der Waals surface area contributed by atoms with Crippen molar-refractivity contribution in [3.63, 3.8) is 0 Å². The number of furan rings is 1. The van der Waals surface area contributed by atoms with Gasteiger partial charge in [-0.1, -0.05) is 0 Å². The maximum absolute atomic E-state index is 5.73. The molecule has 0 radical (unpaired) electrons. The van der Waals surface area contributed by atoms with Gasteiger partial charge in [-0.3, -0.25) is 4.40 Å². The highest BCUT2D eigenvalue weighted by Crippen LogP contribution is 2.25. The van der Waals surface area contributed by atoms with E-state index >= 15 is 0 Å². The smallest absolute Gasteiger partial charge is 0.195 e. The van der Waals surface area contributed by atoms with Crippen molar-refractivity contribution >= 4 is 22.1 Å². The largest absolute Gasteiger partial charge is 0.464 e. The summed E-state index contributed by atoms with van der Waals surface area (Å²) in [6.45, 7) is 3.27. The molecule has 0 spiro atoms. The average Bonchev–Trinajstić information content (AvgIpc) is 3.08. The first-order valence-corrected chi connectivity index (χ1v) is 7.48. The van der Waals surface area contributed by atoms with Gasteiger partial charge in [-0.05, 0) is 25.6 Å². The average molecular weight is 290 g/mol. The van der Waals surface area contributed by atoms with Gasteiger partial charge in [0.1, 0.15) is 11.5 Å². The topological polar surface area (TPSA) is 59.7 Å². The minimum Gasteiger partial charge on any atom is -0.464 e. The summed E-state index contributed by atoms with van der Waals surface area (Å²) >= 11 is 1.64. The Bertz CT molecular complexity index is 712. The summed E-state index contributed by atoms with van der Waals surface area (Å²) in [5, 5.41) is 2.04. The van der Waals surface area contributed by atoms with Gasteiger partial charge in [0.05, 0.1) is 12.2 Å². The highest BCUT2D eigenvalue weighted by molar-refractivity contribution is 7.15. The third-order valence-corrected chi connectivity index (χ3v) is 4.03. The van der Waals surface area contributed by atoms with Crippen molar-refractivity contribution < 1.29 is 4.42 Å². The van der Waals surface area contributed by atoms with Gasteiger partial charge in [-0.25, -0.2) is 4.98 Å².